The van der Waals surface area contributed by atoms with Crippen molar-refractivity contribution in [3.05, 3.63) is 63.7 Å². The van der Waals surface area contributed by atoms with E-state index in [1.807, 2.05) is 0 Å². The van der Waals surface area contributed by atoms with Gasteiger partial charge < -0.3 is 9.32 Å². The molecule has 0 N–H and O–H groups in total. The van der Waals surface area contributed by atoms with Crippen molar-refractivity contribution in [2.75, 3.05) is 29.5 Å². The Hall–Kier alpha value is -2.63. The molecule has 1 aliphatic rings. The van der Waals surface area contributed by atoms with Gasteiger partial charge in [0.05, 0.1) is 16.6 Å². The second-order valence-corrected chi connectivity index (χ2v) is 9.87. The van der Waals surface area contributed by atoms with Gasteiger partial charge in [-0.3, -0.25) is 9.11 Å². The fraction of sp³-hybridized carbons (Fsp3) is 0.286. The lowest BCUT2D eigenvalue weighted by Crippen LogP contribution is -2.48. The Kier molecular flexibility index (Phi) is 7.44. The monoisotopic (exact) mass is 532 g/mol. The third-order valence-corrected chi connectivity index (χ3v) is 7.16. The first-order valence-corrected chi connectivity index (χ1v) is 12.2. The second kappa shape index (κ2) is 10.3. The average Bonchev–Trinajstić information content (AvgIpc) is 3.31. The van der Waals surface area contributed by atoms with Crippen LogP contribution in [0.4, 0.5) is 23.7 Å². The van der Waals surface area contributed by atoms with Gasteiger partial charge in [0.2, 0.25) is 5.89 Å². The predicted octanol–water partition coefficient (Wildman–Crippen LogP) is 5.31. The van der Waals surface area contributed by atoms with Crippen molar-refractivity contribution in [1.29, 1.82) is 0 Å². The number of aromatic nitrogens is 2. The quantitative estimate of drug-likeness (QED) is 0.444. The Morgan fingerprint density at radius 3 is 2.47 bits per heavy atom. The summed E-state index contributed by atoms with van der Waals surface area (Å²) in [5.41, 5.74) is 0.664. The van der Waals surface area contributed by atoms with Crippen molar-refractivity contribution in [3.8, 4) is 11.5 Å². The van der Waals surface area contributed by atoms with Crippen LogP contribution in [0.2, 0.25) is 10.0 Å². The van der Waals surface area contributed by atoms with Crippen molar-refractivity contribution in [2.45, 2.75) is 13.0 Å². The van der Waals surface area contributed by atoms with Crippen LogP contribution in [0.3, 0.4) is 0 Å². The molecule has 0 bridgehead atoms. The smallest absolute Gasteiger partial charge is 0.324 e. The molecule has 2 aromatic carbocycles. The lowest BCUT2D eigenvalue weighted by Gasteiger charge is -2.33. The lowest BCUT2D eigenvalue weighted by atomic mass is 10.1. The molecule has 4 rings (SSSR count). The standard InChI is InChI=1S/C21H17Cl2F3N4O3S/c22-15-4-3-14(10-16(15)23)30(21(31)29-5-7-34(32)8-6-29)11-13-2-1-12(9-17(13)24)19-27-28-20(33-19)18(25)26/h1-4,9-10,18H,5-8,11H2. The zero-order chi connectivity index (χ0) is 24.4. The molecule has 0 unspecified atom stereocenters. The van der Waals surface area contributed by atoms with Gasteiger partial charge in [-0.15, -0.1) is 10.2 Å². The number of benzene rings is 2. The maximum absolute atomic E-state index is 15.0. The van der Waals surface area contributed by atoms with E-state index in [9.17, 15) is 17.8 Å². The number of halogens is 5. The molecule has 34 heavy (non-hydrogen) atoms. The zero-order valence-electron chi connectivity index (χ0n) is 17.4. The average molecular weight is 533 g/mol. The van der Waals surface area contributed by atoms with Gasteiger partial charge in [-0.05, 0) is 30.3 Å². The van der Waals surface area contributed by atoms with E-state index < -0.39 is 35.0 Å². The predicted molar refractivity (Wildman–Crippen MR) is 122 cm³/mol. The summed E-state index contributed by atoms with van der Waals surface area (Å²) in [5.74, 6) is -1.10. The van der Waals surface area contributed by atoms with Crippen LogP contribution in [0.5, 0.6) is 0 Å². The number of amides is 2. The Balaban J connectivity index is 1.63. The number of nitrogens with zero attached hydrogens (tertiary/aromatic N) is 4. The molecule has 180 valence electrons. The first-order chi connectivity index (χ1) is 16.2. The van der Waals surface area contributed by atoms with Gasteiger partial charge >= 0.3 is 12.5 Å². The number of alkyl halides is 2. The summed E-state index contributed by atoms with van der Waals surface area (Å²) in [6.45, 7) is 0.442. The molecule has 1 aliphatic heterocycles. The molecule has 13 heteroatoms. The number of anilines is 1. The molecule has 0 spiro atoms. The van der Waals surface area contributed by atoms with Gasteiger partial charge in [-0.25, -0.2) is 9.18 Å². The van der Waals surface area contributed by atoms with Gasteiger partial charge in [0.1, 0.15) is 5.82 Å². The molecule has 7 nitrogen and oxygen atoms in total. The van der Waals surface area contributed by atoms with Gasteiger partial charge in [-0.2, -0.15) is 8.78 Å². The minimum atomic E-state index is -2.94. The number of urea groups is 1. The van der Waals surface area contributed by atoms with Gasteiger partial charge in [0, 0.05) is 52.2 Å². The van der Waals surface area contributed by atoms with E-state index >= 15 is 4.39 Å². The van der Waals surface area contributed by atoms with E-state index in [-0.39, 0.29) is 28.6 Å². The van der Waals surface area contributed by atoms with Crippen LogP contribution < -0.4 is 4.90 Å². The van der Waals surface area contributed by atoms with E-state index in [4.69, 9.17) is 27.6 Å². The number of rotatable bonds is 5. The summed E-state index contributed by atoms with van der Waals surface area (Å²) < 4.78 is 57.0. The highest BCUT2D eigenvalue weighted by molar-refractivity contribution is 7.85. The van der Waals surface area contributed by atoms with Gasteiger partial charge in [-0.1, -0.05) is 29.3 Å². The molecule has 1 fully saturated rings. The van der Waals surface area contributed by atoms with Crippen LogP contribution in [0.1, 0.15) is 17.9 Å². The first kappa shape index (κ1) is 24.5. The Bertz CT molecular complexity index is 1230. The van der Waals surface area contributed by atoms with E-state index in [1.165, 1.54) is 29.2 Å². The highest BCUT2D eigenvalue weighted by Crippen LogP contribution is 2.30. The van der Waals surface area contributed by atoms with E-state index in [1.54, 1.807) is 11.0 Å². The third kappa shape index (κ3) is 5.37. The number of carbonyl (C=O) groups is 1. The zero-order valence-corrected chi connectivity index (χ0v) is 19.7. The molecule has 2 amide bonds. The first-order valence-electron chi connectivity index (χ1n) is 9.99. The Labute approximate surface area is 204 Å². The van der Waals surface area contributed by atoms with Crippen molar-refractivity contribution >= 4 is 45.7 Å². The molecule has 1 saturated heterocycles. The van der Waals surface area contributed by atoms with Crippen LogP contribution in [-0.2, 0) is 17.3 Å². The summed E-state index contributed by atoms with van der Waals surface area (Å²) in [4.78, 5) is 16.2. The molecule has 0 atom stereocenters. The van der Waals surface area contributed by atoms with E-state index in [0.717, 1.165) is 6.07 Å². The molecule has 0 aliphatic carbocycles. The SMILES string of the molecule is O=C(N1CCS(=O)CC1)N(Cc1ccc(-c2nnc(C(F)F)o2)cc1F)c1ccc(Cl)c(Cl)c1. The normalized spacial score (nSPS) is 14.6. The van der Waals surface area contributed by atoms with Gasteiger partial charge in [0.25, 0.3) is 5.89 Å². The molecular formula is C21H17Cl2F3N4O3S. The molecule has 1 aromatic heterocycles. The fourth-order valence-corrected chi connectivity index (χ4v) is 4.69. The fourth-order valence-electron chi connectivity index (χ4n) is 3.34. The number of hydrogen-bond donors (Lipinski definition) is 0. The summed E-state index contributed by atoms with van der Waals surface area (Å²) in [7, 11) is -0.984. The number of hydrogen-bond acceptors (Lipinski definition) is 5. The van der Waals surface area contributed by atoms with E-state index in [2.05, 4.69) is 10.2 Å². The highest BCUT2D eigenvalue weighted by Gasteiger charge is 2.27. The second-order valence-electron chi connectivity index (χ2n) is 7.35. The summed E-state index contributed by atoms with van der Waals surface area (Å²) >= 11 is 12.1. The molecule has 0 radical (unpaired) electrons. The lowest BCUT2D eigenvalue weighted by molar-refractivity contribution is 0.116. The highest BCUT2D eigenvalue weighted by atomic mass is 35.5. The minimum Gasteiger partial charge on any atom is -0.415 e. The van der Waals surface area contributed by atoms with Gasteiger partial charge in [0.15, 0.2) is 0 Å². The van der Waals surface area contributed by atoms with Crippen molar-refractivity contribution in [2.24, 2.45) is 0 Å². The van der Waals surface area contributed by atoms with Crippen molar-refractivity contribution < 1.29 is 26.6 Å². The summed E-state index contributed by atoms with van der Waals surface area (Å²) in [6.07, 6.45) is -2.94. The molecular weight excluding hydrogens is 516 g/mol. The summed E-state index contributed by atoms with van der Waals surface area (Å²) in [6, 6.07) is 8.12. The Morgan fingerprint density at radius 1 is 1.12 bits per heavy atom. The van der Waals surface area contributed by atoms with Crippen molar-refractivity contribution in [3.63, 3.8) is 0 Å². The maximum Gasteiger partial charge on any atom is 0.324 e. The maximum atomic E-state index is 15.0. The minimum absolute atomic E-state index is 0.117. The largest absolute Gasteiger partial charge is 0.415 e. The third-order valence-electron chi connectivity index (χ3n) is 5.15. The topological polar surface area (TPSA) is 79.5 Å². The van der Waals surface area contributed by atoms with E-state index in [0.29, 0.717) is 35.3 Å². The van der Waals surface area contributed by atoms with Crippen molar-refractivity contribution in [1.82, 2.24) is 15.1 Å². The van der Waals surface area contributed by atoms with Crippen LogP contribution in [0, 0.1) is 5.82 Å². The van der Waals surface area contributed by atoms with Crippen LogP contribution >= 0.6 is 23.2 Å². The summed E-state index contributed by atoms with van der Waals surface area (Å²) in [5, 5.41) is 7.27. The molecule has 3 aromatic rings. The van der Waals surface area contributed by atoms with Crippen LogP contribution in [-0.4, -0.2) is 49.9 Å². The van der Waals surface area contributed by atoms with Crippen LogP contribution in [0.15, 0.2) is 40.8 Å². The Morgan fingerprint density at radius 2 is 1.85 bits per heavy atom. The molecule has 2 heterocycles. The van der Waals surface area contributed by atoms with Crippen LogP contribution in [0.25, 0.3) is 11.5 Å². The number of carbonyl (C=O) groups excluding carboxylic acids is 1. The molecule has 0 saturated carbocycles.